The molecule has 4 aromatic carbocycles. The molecule has 0 bridgehead atoms. The molecule has 0 saturated heterocycles. The van der Waals surface area contributed by atoms with Crippen molar-refractivity contribution in [3.8, 4) is 23.0 Å². The van der Waals surface area contributed by atoms with Crippen molar-refractivity contribution in [3.63, 3.8) is 0 Å². The molecular formula is C29H24O4. The smallest absolute Gasteiger partial charge is 0.162 e. The maximum atomic E-state index is 12.5. The molecule has 0 aromatic heterocycles. The van der Waals surface area contributed by atoms with Gasteiger partial charge in [0.15, 0.2) is 11.6 Å². The first kappa shape index (κ1) is 22.0. The van der Waals surface area contributed by atoms with E-state index in [1.165, 1.54) is 0 Å². The van der Waals surface area contributed by atoms with Crippen molar-refractivity contribution in [2.24, 2.45) is 0 Å². The Bertz CT molecular complexity index is 1090. The molecule has 0 aliphatic rings. The van der Waals surface area contributed by atoms with E-state index in [1.807, 2.05) is 60.7 Å². The summed E-state index contributed by atoms with van der Waals surface area (Å²) in [6.07, 6.45) is 1.14. The van der Waals surface area contributed by atoms with Crippen LogP contribution in [0.3, 0.4) is 0 Å². The Morgan fingerprint density at radius 2 is 0.788 bits per heavy atom. The molecule has 33 heavy (non-hydrogen) atoms. The van der Waals surface area contributed by atoms with Crippen LogP contribution in [0.15, 0.2) is 109 Å². The minimum absolute atomic E-state index is 0.0145. The van der Waals surface area contributed by atoms with Crippen LogP contribution in [0.25, 0.3) is 0 Å². The zero-order valence-corrected chi connectivity index (χ0v) is 18.1. The summed E-state index contributed by atoms with van der Waals surface area (Å²) in [5, 5.41) is 0. The number of rotatable bonds is 10. The summed E-state index contributed by atoms with van der Waals surface area (Å²) in [5.74, 6) is 2.87. The summed E-state index contributed by atoms with van der Waals surface area (Å²) in [5.41, 5.74) is 1.23. The molecule has 4 aromatic rings. The highest BCUT2D eigenvalue weighted by atomic mass is 16.5. The van der Waals surface area contributed by atoms with Crippen molar-refractivity contribution in [1.29, 1.82) is 0 Å². The Kier molecular flexibility index (Phi) is 7.29. The van der Waals surface area contributed by atoms with Crippen molar-refractivity contribution in [2.75, 3.05) is 0 Å². The van der Waals surface area contributed by atoms with Crippen LogP contribution in [0.4, 0.5) is 0 Å². The van der Waals surface area contributed by atoms with Gasteiger partial charge in [0.05, 0.1) is 0 Å². The molecule has 0 spiro atoms. The average Bonchev–Trinajstić information content (AvgIpc) is 2.86. The zero-order valence-electron chi connectivity index (χ0n) is 18.1. The maximum absolute atomic E-state index is 12.5. The van der Waals surface area contributed by atoms with Gasteiger partial charge < -0.3 is 9.47 Å². The van der Waals surface area contributed by atoms with Crippen molar-refractivity contribution >= 4 is 11.6 Å². The van der Waals surface area contributed by atoms with Gasteiger partial charge in [0.1, 0.15) is 23.0 Å². The summed E-state index contributed by atoms with van der Waals surface area (Å²) >= 11 is 0. The van der Waals surface area contributed by atoms with Crippen LogP contribution >= 0.6 is 0 Å². The predicted molar refractivity (Wildman–Crippen MR) is 128 cm³/mol. The molecular weight excluding hydrogens is 412 g/mol. The van der Waals surface area contributed by atoms with Gasteiger partial charge in [0.2, 0.25) is 0 Å². The minimum atomic E-state index is 0.0145. The maximum Gasteiger partial charge on any atom is 0.162 e. The summed E-state index contributed by atoms with van der Waals surface area (Å²) in [4.78, 5) is 25.0. The molecule has 0 saturated carbocycles. The lowest BCUT2D eigenvalue weighted by Gasteiger charge is -2.07. The number of ketones is 2. The quantitative estimate of drug-likeness (QED) is 0.241. The van der Waals surface area contributed by atoms with Crippen LogP contribution in [0.5, 0.6) is 23.0 Å². The molecule has 0 radical (unpaired) electrons. The Morgan fingerprint density at radius 3 is 1.15 bits per heavy atom. The van der Waals surface area contributed by atoms with E-state index in [9.17, 15) is 9.59 Å². The summed E-state index contributed by atoms with van der Waals surface area (Å²) < 4.78 is 11.5. The van der Waals surface area contributed by atoms with Crippen LogP contribution in [0, 0.1) is 0 Å². The number of carbonyl (C=O) groups is 2. The predicted octanol–water partition coefficient (Wildman–Crippen LogP) is 7.51. The first-order valence-electron chi connectivity index (χ1n) is 10.9. The van der Waals surface area contributed by atoms with E-state index < -0.39 is 0 Å². The van der Waals surface area contributed by atoms with E-state index in [-0.39, 0.29) is 11.6 Å². The van der Waals surface area contributed by atoms with Crippen LogP contribution in [-0.2, 0) is 0 Å². The Labute approximate surface area is 193 Å². The minimum Gasteiger partial charge on any atom is -0.457 e. The van der Waals surface area contributed by atoms with E-state index in [2.05, 4.69) is 0 Å². The molecule has 0 aliphatic carbocycles. The molecule has 0 unspecified atom stereocenters. The number of Topliss-reactive ketones (excluding diaryl/α,β-unsaturated/α-hetero) is 2. The van der Waals surface area contributed by atoms with Gasteiger partial charge in [-0.15, -0.1) is 0 Å². The summed E-state index contributed by atoms with van der Waals surface area (Å²) in [6, 6.07) is 33.1. The fraction of sp³-hybridized carbons (Fsp3) is 0.103. The largest absolute Gasteiger partial charge is 0.457 e. The van der Waals surface area contributed by atoms with E-state index in [4.69, 9.17) is 9.47 Å². The lowest BCUT2D eigenvalue weighted by atomic mass is 10.0. The van der Waals surface area contributed by atoms with Gasteiger partial charge in [0.25, 0.3) is 0 Å². The van der Waals surface area contributed by atoms with E-state index in [1.54, 1.807) is 48.5 Å². The molecule has 0 fully saturated rings. The topological polar surface area (TPSA) is 52.6 Å². The third-order valence-corrected chi connectivity index (χ3v) is 5.12. The standard InChI is InChI=1S/C29H24O4/c30-28(22-14-18-26(19-15-22)32-24-8-3-1-4-9-24)12-7-13-29(31)23-16-20-27(21-17-23)33-25-10-5-2-6-11-25/h1-6,8-11,14-21H,7,12-13H2. The Balaban J connectivity index is 1.24. The highest BCUT2D eigenvalue weighted by Gasteiger charge is 2.10. The Hall–Kier alpha value is -4.18. The number of para-hydroxylation sites is 2. The molecule has 0 atom stereocenters. The fourth-order valence-electron chi connectivity index (χ4n) is 3.37. The number of benzene rings is 4. The number of carbonyl (C=O) groups excluding carboxylic acids is 2. The second-order valence-electron chi connectivity index (χ2n) is 7.58. The van der Waals surface area contributed by atoms with Crippen molar-refractivity contribution in [2.45, 2.75) is 19.3 Å². The van der Waals surface area contributed by atoms with Crippen molar-refractivity contribution < 1.29 is 19.1 Å². The summed E-state index contributed by atoms with van der Waals surface area (Å²) in [6.45, 7) is 0. The lowest BCUT2D eigenvalue weighted by molar-refractivity contribution is 0.0957. The van der Waals surface area contributed by atoms with Crippen molar-refractivity contribution in [3.05, 3.63) is 120 Å². The molecule has 0 aliphatic heterocycles. The van der Waals surface area contributed by atoms with Crippen LogP contribution in [0.2, 0.25) is 0 Å². The second kappa shape index (κ2) is 10.9. The van der Waals surface area contributed by atoms with E-state index in [0.29, 0.717) is 41.9 Å². The molecule has 164 valence electrons. The fourth-order valence-corrected chi connectivity index (χ4v) is 3.37. The van der Waals surface area contributed by atoms with Gasteiger partial charge in [0, 0.05) is 24.0 Å². The van der Waals surface area contributed by atoms with Gasteiger partial charge in [-0.2, -0.15) is 0 Å². The van der Waals surface area contributed by atoms with E-state index in [0.717, 1.165) is 11.5 Å². The van der Waals surface area contributed by atoms with Crippen molar-refractivity contribution in [1.82, 2.24) is 0 Å². The molecule has 0 amide bonds. The normalized spacial score (nSPS) is 10.4. The van der Waals surface area contributed by atoms with Gasteiger partial charge in [-0.25, -0.2) is 0 Å². The lowest BCUT2D eigenvalue weighted by Crippen LogP contribution is -2.03. The summed E-state index contributed by atoms with van der Waals surface area (Å²) in [7, 11) is 0. The monoisotopic (exact) mass is 436 g/mol. The van der Waals surface area contributed by atoms with Crippen LogP contribution in [-0.4, -0.2) is 11.6 Å². The SMILES string of the molecule is O=C(CCCC(=O)c1ccc(Oc2ccccc2)cc1)c1ccc(Oc2ccccc2)cc1. The Morgan fingerprint density at radius 1 is 0.455 bits per heavy atom. The molecule has 4 rings (SSSR count). The first-order chi connectivity index (χ1) is 16.2. The highest BCUT2D eigenvalue weighted by molar-refractivity contribution is 5.98. The highest BCUT2D eigenvalue weighted by Crippen LogP contribution is 2.23. The molecule has 0 heterocycles. The zero-order chi connectivity index (χ0) is 22.9. The number of ether oxygens (including phenoxy) is 2. The number of hydrogen-bond donors (Lipinski definition) is 0. The van der Waals surface area contributed by atoms with Gasteiger partial charge >= 0.3 is 0 Å². The van der Waals surface area contributed by atoms with Crippen LogP contribution < -0.4 is 9.47 Å². The molecule has 4 heteroatoms. The first-order valence-corrected chi connectivity index (χ1v) is 10.9. The van der Waals surface area contributed by atoms with Gasteiger partial charge in [-0.3, -0.25) is 9.59 Å². The number of hydrogen-bond acceptors (Lipinski definition) is 4. The second-order valence-corrected chi connectivity index (χ2v) is 7.58. The third-order valence-electron chi connectivity index (χ3n) is 5.12. The third kappa shape index (κ3) is 6.40. The van der Waals surface area contributed by atoms with E-state index >= 15 is 0 Å². The van der Waals surface area contributed by atoms with Gasteiger partial charge in [-0.1, -0.05) is 36.4 Å². The molecule has 4 nitrogen and oxygen atoms in total. The average molecular weight is 437 g/mol. The van der Waals surface area contributed by atoms with Crippen LogP contribution in [0.1, 0.15) is 40.0 Å². The van der Waals surface area contributed by atoms with Gasteiger partial charge in [-0.05, 0) is 79.2 Å². The molecule has 0 N–H and O–H groups in total.